The molecule has 2 aromatic heterocycles. The van der Waals surface area contributed by atoms with Crippen molar-refractivity contribution in [2.24, 2.45) is 0 Å². The molecule has 0 saturated heterocycles. The summed E-state index contributed by atoms with van der Waals surface area (Å²) < 4.78 is 5.00. The minimum atomic E-state index is 0.176. The maximum Gasteiger partial charge on any atom is 0.223 e. The molecule has 0 atom stereocenters. The summed E-state index contributed by atoms with van der Waals surface area (Å²) in [5.41, 5.74) is 6.94. The number of methoxy groups -OCH3 is 1. The summed E-state index contributed by atoms with van der Waals surface area (Å²) in [4.78, 5) is 12.1. The average Bonchev–Trinajstić information content (AvgIpc) is 2.29. The first kappa shape index (κ1) is 9.39. The first-order chi connectivity index (χ1) is 7.29. The summed E-state index contributed by atoms with van der Waals surface area (Å²) in [6, 6.07) is 7.26. The Morgan fingerprint density at radius 2 is 2.07 bits per heavy atom. The van der Waals surface area contributed by atoms with Crippen molar-refractivity contribution in [1.82, 2.24) is 15.0 Å². The van der Waals surface area contributed by atoms with Crippen molar-refractivity contribution in [3.05, 3.63) is 30.5 Å². The summed E-state index contributed by atoms with van der Waals surface area (Å²) >= 11 is 0. The van der Waals surface area contributed by atoms with Gasteiger partial charge >= 0.3 is 0 Å². The van der Waals surface area contributed by atoms with Gasteiger partial charge in [-0.2, -0.15) is 4.98 Å². The molecule has 5 nitrogen and oxygen atoms in total. The molecule has 0 saturated carbocycles. The van der Waals surface area contributed by atoms with Crippen LogP contribution in [0.1, 0.15) is 0 Å². The molecule has 0 amide bonds. The van der Waals surface area contributed by atoms with Gasteiger partial charge in [0.2, 0.25) is 11.8 Å². The number of anilines is 1. The Balaban J connectivity index is 2.49. The molecular formula is C10H10N4O. The van der Waals surface area contributed by atoms with Crippen LogP contribution < -0.4 is 10.5 Å². The Bertz CT molecular complexity index is 458. The van der Waals surface area contributed by atoms with Gasteiger partial charge in [-0.1, -0.05) is 6.07 Å². The van der Waals surface area contributed by atoms with Gasteiger partial charge in [0, 0.05) is 12.3 Å². The predicted octanol–water partition coefficient (Wildman–Crippen LogP) is 1.13. The van der Waals surface area contributed by atoms with Gasteiger partial charge in [0.1, 0.15) is 0 Å². The van der Waals surface area contributed by atoms with E-state index in [-0.39, 0.29) is 5.95 Å². The second kappa shape index (κ2) is 3.91. The van der Waals surface area contributed by atoms with E-state index in [1.54, 1.807) is 12.3 Å². The molecule has 0 aliphatic carbocycles. The number of nitrogens with zero attached hydrogens (tertiary/aromatic N) is 3. The van der Waals surface area contributed by atoms with Gasteiger partial charge < -0.3 is 10.5 Å². The molecular weight excluding hydrogens is 192 g/mol. The topological polar surface area (TPSA) is 73.9 Å². The first-order valence-electron chi connectivity index (χ1n) is 4.39. The van der Waals surface area contributed by atoms with Crippen LogP contribution in [-0.2, 0) is 0 Å². The van der Waals surface area contributed by atoms with Crippen LogP contribution in [-0.4, -0.2) is 22.1 Å². The quantitative estimate of drug-likeness (QED) is 0.790. The SMILES string of the molecule is COc1cc(-c2ccccn2)nc(N)n1. The zero-order valence-corrected chi connectivity index (χ0v) is 8.21. The van der Waals surface area contributed by atoms with E-state index in [4.69, 9.17) is 10.5 Å². The van der Waals surface area contributed by atoms with Gasteiger partial charge in [-0.05, 0) is 12.1 Å². The van der Waals surface area contributed by atoms with Crippen molar-refractivity contribution >= 4 is 5.95 Å². The lowest BCUT2D eigenvalue weighted by Crippen LogP contribution is -1.99. The third-order valence-electron chi connectivity index (χ3n) is 1.86. The van der Waals surface area contributed by atoms with E-state index in [0.29, 0.717) is 11.6 Å². The van der Waals surface area contributed by atoms with Gasteiger partial charge in [0.25, 0.3) is 0 Å². The van der Waals surface area contributed by atoms with E-state index < -0.39 is 0 Å². The molecule has 0 aliphatic heterocycles. The van der Waals surface area contributed by atoms with Crippen LogP contribution in [0.5, 0.6) is 5.88 Å². The highest BCUT2D eigenvalue weighted by atomic mass is 16.5. The molecule has 2 heterocycles. The maximum atomic E-state index is 5.54. The summed E-state index contributed by atoms with van der Waals surface area (Å²) in [5, 5.41) is 0. The third-order valence-corrected chi connectivity index (χ3v) is 1.86. The number of hydrogen-bond acceptors (Lipinski definition) is 5. The third kappa shape index (κ3) is 2.01. The Morgan fingerprint density at radius 3 is 2.73 bits per heavy atom. The monoisotopic (exact) mass is 202 g/mol. The van der Waals surface area contributed by atoms with Gasteiger partial charge in [-0.3, -0.25) is 4.98 Å². The maximum absolute atomic E-state index is 5.54. The lowest BCUT2D eigenvalue weighted by molar-refractivity contribution is 0.398. The van der Waals surface area contributed by atoms with Crippen molar-refractivity contribution in [3.63, 3.8) is 0 Å². The zero-order chi connectivity index (χ0) is 10.7. The van der Waals surface area contributed by atoms with Crippen LogP contribution in [0.3, 0.4) is 0 Å². The van der Waals surface area contributed by atoms with Crippen LogP contribution >= 0.6 is 0 Å². The van der Waals surface area contributed by atoms with Crippen molar-refractivity contribution < 1.29 is 4.74 Å². The fraction of sp³-hybridized carbons (Fsp3) is 0.100. The molecule has 0 fully saturated rings. The lowest BCUT2D eigenvalue weighted by atomic mass is 10.2. The Kier molecular flexibility index (Phi) is 2.45. The minimum Gasteiger partial charge on any atom is -0.481 e. The molecule has 0 aliphatic rings. The van der Waals surface area contributed by atoms with Crippen LogP contribution in [0.15, 0.2) is 30.5 Å². The van der Waals surface area contributed by atoms with E-state index in [1.807, 2.05) is 18.2 Å². The highest BCUT2D eigenvalue weighted by Gasteiger charge is 2.05. The van der Waals surface area contributed by atoms with Gasteiger partial charge in [0.05, 0.1) is 18.5 Å². The molecule has 0 aromatic carbocycles. The van der Waals surface area contributed by atoms with Gasteiger partial charge in [-0.15, -0.1) is 0 Å². The highest BCUT2D eigenvalue weighted by molar-refractivity contribution is 5.56. The molecule has 5 heteroatoms. The van der Waals surface area contributed by atoms with E-state index in [1.165, 1.54) is 7.11 Å². The smallest absolute Gasteiger partial charge is 0.223 e. The standard InChI is InChI=1S/C10H10N4O/c1-15-9-6-8(13-10(11)14-9)7-4-2-3-5-12-7/h2-6H,1H3,(H2,11,13,14). The largest absolute Gasteiger partial charge is 0.481 e. The van der Waals surface area contributed by atoms with E-state index in [2.05, 4.69) is 15.0 Å². The molecule has 76 valence electrons. The van der Waals surface area contributed by atoms with Crippen molar-refractivity contribution in [1.29, 1.82) is 0 Å². The van der Waals surface area contributed by atoms with E-state index in [9.17, 15) is 0 Å². The summed E-state index contributed by atoms with van der Waals surface area (Å²) in [6.45, 7) is 0. The molecule has 15 heavy (non-hydrogen) atoms. The van der Waals surface area contributed by atoms with Crippen molar-refractivity contribution in [3.8, 4) is 17.3 Å². The van der Waals surface area contributed by atoms with Crippen molar-refractivity contribution in [2.45, 2.75) is 0 Å². The highest BCUT2D eigenvalue weighted by Crippen LogP contribution is 2.18. The Morgan fingerprint density at radius 1 is 1.20 bits per heavy atom. The van der Waals surface area contributed by atoms with Gasteiger partial charge in [0.15, 0.2) is 0 Å². The molecule has 0 spiro atoms. The van der Waals surface area contributed by atoms with Crippen LogP contribution in [0.25, 0.3) is 11.4 Å². The van der Waals surface area contributed by atoms with Crippen molar-refractivity contribution in [2.75, 3.05) is 12.8 Å². The van der Waals surface area contributed by atoms with Gasteiger partial charge in [-0.25, -0.2) is 4.98 Å². The molecule has 2 aromatic rings. The number of ether oxygens (including phenoxy) is 1. The molecule has 2 rings (SSSR count). The molecule has 0 radical (unpaired) electrons. The fourth-order valence-corrected chi connectivity index (χ4v) is 1.19. The first-order valence-corrected chi connectivity index (χ1v) is 4.39. The van der Waals surface area contributed by atoms with Crippen LogP contribution in [0.2, 0.25) is 0 Å². The zero-order valence-electron chi connectivity index (χ0n) is 8.21. The Labute approximate surface area is 87.0 Å². The van der Waals surface area contributed by atoms with E-state index in [0.717, 1.165) is 5.69 Å². The summed E-state index contributed by atoms with van der Waals surface area (Å²) in [6.07, 6.45) is 1.69. The minimum absolute atomic E-state index is 0.176. The average molecular weight is 202 g/mol. The summed E-state index contributed by atoms with van der Waals surface area (Å²) in [5.74, 6) is 0.609. The Hall–Kier alpha value is -2.17. The lowest BCUT2D eigenvalue weighted by Gasteiger charge is -2.03. The number of hydrogen-bond donors (Lipinski definition) is 1. The van der Waals surface area contributed by atoms with E-state index >= 15 is 0 Å². The van der Waals surface area contributed by atoms with Crippen LogP contribution in [0, 0.1) is 0 Å². The number of nitrogens with two attached hydrogens (primary N) is 1. The molecule has 0 bridgehead atoms. The normalized spacial score (nSPS) is 9.93. The number of aromatic nitrogens is 3. The second-order valence-corrected chi connectivity index (χ2v) is 2.87. The second-order valence-electron chi connectivity index (χ2n) is 2.87. The number of pyridine rings is 1. The van der Waals surface area contributed by atoms with Crippen LogP contribution in [0.4, 0.5) is 5.95 Å². The predicted molar refractivity (Wildman–Crippen MR) is 56.2 cm³/mol. The fourth-order valence-electron chi connectivity index (χ4n) is 1.19. The molecule has 0 unspecified atom stereocenters. The number of rotatable bonds is 2. The molecule has 2 N–H and O–H groups in total. The number of nitrogen functional groups attached to an aromatic ring is 1. The summed E-state index contributed by atoms with van der Waals surface area (Å²) in [7, 11) is 1.53.